The minimum Gasteiger partial charge on any atom is -0.427 e. The van der Waals surface area contributed by atoms with Crippen molar-refractivity contribution in [3.05, 3.63) is 96.1 Å². The molecule has 1 unspecified atom stereocenters. The van der Waals surface area contributed by atoms with Crippen LogP contribution in [0.3, 0.4) is 0 Å². The second kappa shape index (κ2) is 8.48. The largest absolute Gasteiger partial charge is 0.427 e. The van der Waals surface area contributed by atoms with Crippen LogP contribution in [0.15, 0.2) is 89.8 Å². The third-order valence-electron chi connectivity index (χ3n) is 3.81. The molecule has 0 aliphatic heterocycles. The predicted molar refractivity (Wildman–Crippen MR) is 108 cm³/mol. The first kappa shape index (κ1) is 18.6. The number of benzene rings is 3. The second-order valence-corrected chi connectivity index (χ2v) is 8.28. The molecule has 0 aliphatic rings. The fraction of sp³-hybridized carbons (Fsp3) is 0.0870. The third-order valence-corrected chi connectivity index (χ3v) is 6.02. The van der Waals surface area contributed by atoms with Crippen molar-refractivity contribution in [3.8, 4) is 16.9 Å². The van der Waals surface area contributed by atoms with E-state index in [0.29, 0.717) is 10.6 Å². The van der Waals surface area contributed by atoms with Crippen LogP contribution < -0.4 is 4.74 Å². The molecular weight excluding hydrogens is 356 g/mol. The highest BCUT2D eigenvalue weighted by atomic mass is 32.2. The molecule has 0 radical (unpaired) electrons. The van der Waals surface area contributed by atoms with Crippen LogP contribution in [0.25, 0.3) is 0 Å². The summed E-state index contributed by atoms with van der Waals surface area (Å²) in [6.07, 6.45) is 0. The molecule has 0 fully saturated rings. The molecule has 0 spiro atoms. The molecule has 3 aromatic carbocycles. The van der Waals surface area contributed by atoms with Gasteiger partial charge in [-0.2, -0.15) is 0 Å². The van der Waals surface area contributed by atoms with Crippen molar-refractivity contribution in [1.29, 1.82) is 0 Å². The van der Waals surface area contributed by atoms with Gasteiger partial charge in [-0.1, -0.05) is 52.7 Å². The topological polar surface area (TPSA) is 43.4 Å². The zero-order valence-electron chi connectivity index (χ0n) is 14.9. The van der Waals surface area contributed by atoms with Crippen LogP contribution in [0, 0.1) is 11.2 Å². The normalized spacial score (nSPS) is 12.3. The number of rotatable bonds is 4. The van der Waals surface area contributed by atoms with Crippen molar-refractivity contribution in [2.24, 2.45) is 0 Å². The maximum absolute atomic E-state index is 13.7. The van der Waals surface area contributed by atoms with Crippen LogP contribution in [-0.2, 0) is 24.7 Å². The summed E-state index contributed by atoms with van der Waals surface area (Å²) in [6, 6.07) is 25.8. The number of carbonyl (C=O) groups excluding carboxylic acids is 1. The molecule has 0 saturated heterocycles. The molecule has 4 heteroatoms. The molecule has 0 bridgehead atoms. The predicted octanol–water partition coefficient (Wildman–Crippen LogP) is 4.68. The van der Waals surface area contributed by atoms with Gasteiger partial charge in [-0.3, -0.25) is 4.79 Å². The average Bonchev–Trinajstić information content (AvgIpc) is 2.69. The van der Waals surface area contributed by atoms with Crippen LogP contribution in [0.2, 0.25) is 0 Å². The summed E-state index contributed by atoms with van der Waals surface area (Å²) in [7, 11) is -2.62. The van der Waals surface area contributed by atoms with Gasteiger partial charge >= 0.3 is 5.97 Å². The summed E-state index contributed by atoms with van der Waals surface area (Å²) >= 11 is 0. The van der Waals surface area contributed by atoms with Gasteiger partial charge in [0, 0.05) is 18.1 Å². The van der Waals surface area contributed by atoms with Crippen LogP contribution >= 0.6 is 0 Å². The van der Waals surface area contributed by atoms with E-state index in [1.54, 1.807) is 12.1 Å². The van der Waals surface area contributed by atoms with Gasteiger partial charge in [0.25, 0.3) is 0 Å². The van der Waals surface area contributed by atoms with E-state index in [-0.39, 0.29) is 11.7 Å². The first-order chi connectivity index (χ1) is 13.0. The van der Waals surface area contributed by atoms with Crippen molar-refractivity contribution in [1.82, 2.24) is 0 Å². The highest BCUT2D eigenvalue weighted by Crippen LogP contribution is 2.25. The lowest BCUT2D eigenvalue weighted by molar-refractivity contribution is -0.131. The Bertz CT molecular complexity index is 1010. The number of hydrogen-bond acceptors (Lipinski definition) is 3. The molecular formula is C23H19O3S+. The Hall–Kier alpha value is -3.16. The zero-order valence-corrected chi connectivity index (χ0v) is 15.7. The van der Waals surface area contributed by atoms with Gasteiger partial charge in [-0.25, -0.2) is 0 Å². The third kappa shape index (κ3) is 5.16. The van der Waals surface area contributed by atoms with Crippen molar-refractivity contribution < 1.29 is 13.7 Å². The Morgan fingerprint density at radius 2 is 1.48 bits per heavy atom. The molecule has 0 saturated carbocycles. The van der Waals surface area contributed by atoms with E-state index < -0.39 is 9.93 Å². The van der Waals surface area contributed by atoms with E-state index in [9.17, 15) is 9.00 Å². The number of carbonyl (C=O) groups is 1. The van der Waals surface area contributed by atoms with Gasteiger partial charge < -0.3 is 4.74 Å². The summed E-state index contributed by atoms with van der Waals surface area (Å²) in [5.74, 6) is 3.43. The van der Waals surface area contributed by atoms with Gasteiger partial charge in [0.15, 0.2) is 25.8 Å². The van der Waals surface area contributed by atoms with Gasteiger partial charge in [-0.15, -0.1) is 0 Å². The fourth-order valence-electron chi connectivity index (χ4n) is 2.54. The number of esters is 1. The number of ether oxygens (including phenoxy) is 1. The Kier molecular flexibility index (Phi) is 5.85. The lowest BCUT2D eigenvalue weighted by Gasteiger charge is -2.07. The van der Waals surface area contributed by atoms with E-state index in [0.717, 1.165) is 11.1 Å². The summed E-state index contributed by atoms with van der Waals surface area (Å²) in [6.45, 7) is 1.36. The van der Waals surface area contributed by atoms with Gasteiger partial charge in [-0.05, 0) is 42.3 Å². The summed E-state index contributed by atoms with van der Waals surface area (Å²) in [5.41, 5.74) is 1.69. The lowest BCUT2D eigenvalue weighted by atomic mass is 10.2. The van der Waals surface area contributed by atoms with Crippen molar-refractivity contribution in [3.63, 3.8) is 0 Å². The van der Waals surface area contributed by atoms with E-state index in [1.165, 1.54) is 6.92 Å². The number of hydrogen-bond donors (Lipinski definition) is 0. The highest BCUT2D eigenvalue weighted by molar-refractivity contribution is 8.06. The van der Waals surface area contributed by atoms with Gasteiger partial charge in [0.05, 0.1) is 0 Å². The molecule has 3 aromatic rings. The summed E-state index contributed by atoms with van der Waals surface area (Å²) in [5, 5.41) is 3.02. The van der Waals surface area contributed by atoms with Crippen LogP contribution in [0.1, 0.15) is 18.1 Å². The molecule has 0 aliphatic carbocycles. The second-order valence-electron chi connectivity index (χ2n) is 5.96. The molecule has 1 atom stereocenters. The SMILES string of the molecule is CC(=O)Oc1ccc(C[S+](=O)(C#Cc2ccccc2)c2ccccc2)cc1. The molecule has 134 valence electrons. The van der Waals surface area contributed by atoms with Crippen LogP contribution in [0.5, 0.6) is 5.75 Å². The van der Waals surface area contributed by atoms with E-state index in [1.807, 2.05) is 72.8 Å². The molecule has 27 heavy (non-hydrogen) atoms. The average molecular weight is 375 g/mol. The molecule has 0 amide bonds. The Morgan fingerprint density at radius 3 is 2.07 bits per heavy atom. The van der Waals surface area contributed by atoms with Crippen molar-refractivity contribution >= 4 is 15.9 Å². The molecule has 0 heterocycles. The van der Waals surface area contributed by atoms with Gasteiger partial charge in [0.1, 0.15) is 5.75 Å². The quantitative estimate of drug-likeness (QED) is 0.288. The summed E-state index contributed by atoms with van der Waals surface area (Å²) in [4.78, 5) is 11.8. The molecule has 3 nitrogen and oxygen atoms in total. The lowest BCUT2D eigenvalue weighted by Crippen LogP contribution is -2.12. The van der Waals surface area contributed by atoms with Crippen molar-refractivity contribution in [2.75, 3.05) is 0 Å². The first-order valence-electron chi connectivity index (χ1n) is 8.47. The van der Waals surface area contributed by atoms with Crippen LogP contribution in [0.4, 0.5) is 0 Å². The minimum atomic E-state index is -2.62. The summed E-state index contributed by atoms with van der Waals surface area (Å²) < 4.78 is 18.8. The fourth-order valence-corrected chi connectivity index (χ4v) is 4.43. The maximum atomic E-state index is 13.7. The first-order valence-corrected chi connectivity index (χ1v) is 10.2. The highest BCUT2D eigenvalue weighted by Gasteiger charge is 2.30. The molecule has 0 aromatic heterocycles. The van der Waals surface area contributed by atoms with E-state index in [4.69, 9.17) is 4.74 Å². The molecule has 0 N–H and O–H groups in total. The Balaban J connectivity index is 1.92. The van der Waals surface area contributed by atoms with Crippen molar-refractivity contribution in [2.45, 2.75) is 17.6 Å². The standard InChI is InChI=1S/C23H19O3S/c1-19(24)26-22-14-12-21(13-15-22)18-27(25,23-10-6-3-7-11-23)17-16-20-8-4-2-5-9-20/h2-15H,18H2,1H3/q+1. The van der Waals surface area contributed by atoms with Crippen LogP contribution in [-0.4, -0.2) is 5.97 Å². The maximum Gasteiger partial charge on any atom is 0.308 e. The van der Waals surface area contributed by atoms with Gasteiger partial charge in [0.2, 0.25) is 0 Å². The minimum absolute atomic E-state index is 0.289. The monoisotopic (exact) mass is 375 g/mol. The Morgan fingerprint density at radius 1 is 0.889 bits per heavy atom. The molecule has 3 rings (SSSR count). The zero-order chi connectivity index (χ0) is 19.1. The smallest absolute Gasteiger partial charge is 0.308 e. The van der Waals surface area contributed by atoms with E-state index in [2.05, 4.69) is 11.2 Å². The Labute approximate surface area is 160 Å². The van der Waals surface area contributed by atoms with E-state index >= 15 is 0 Å².